The number of carbonyl (C=O) groups is 2. The quantitative estimate of drug-likeness (QED) is 0.651. The highest BCUT2D eigenvalue weighted by Gasteiger charge is 2.16. The van der Waals surface area contributed by atoms with Gasteiger partial charge in [0.05, 0.1) is 4.90 Å². The summed E-state index contributed by atoms with van der Waals surface area (Å²) in [5, 5.41) is 2.38. The van der Waals surface area contributed by atoms with Crippen LogP contribution in [-0.4, -0.2) is 32.9 Å². The van der Waals surface area contributed by atoms with E-state index in [0.29, 0.717) is 5.56 Å². The van der Waals surface area contributed by atoms with E-state index >= 15 is 0 Å². The lowest BCUT2D eigenvalue weighted by Gasteiger charge is -2.10. The van der Waals surface area contributed by atoms with Crippen molar-refractivity contribution in [1.82, 2.24) is 10.0 Å². The van der Waals surface area contributed by atoms with Gasteiger partial charge in [0.15, 0.2) is 0 Å². The molecular formula is C19H21FN2O5S. The zero-order chi connectivity index (χ0) is 20.7. The molecule has 1 amide bonds. The van der Waals surface area contributed by atoms with Crippen molar-refractivity contribution in [2.45, 2.75) is 31.4 Å². The van der Waals surface area contributed by atoms with E-state index < -0.39 is 27.7 Å². The number of amides is 1. The molecule has 0 atom stereocenters. The molecule has 2 aromatic rings. The summed E-state index contributed by atoms with van der Waals surface area (Å²) in [5.41, 5.74) is 0.688. The first kappa shape index (κ1) is 21.5. The van der Waals surface area contributed by atoms with E-state index in [4.69, 9.17) is 4.74 Å². The molecule has 0 radical (unpaired) electrons. The number of rotatable bonds is 8. The van der Waals surface area contributed by atoms with Crippen LogP contribution in [-0.2, 0) is 26.2 Å². The minimum atomic E-state index is -3.65. The number of benzene rings is 2. The minimum Gasteiger partial charge on any atom is -0.460 e. The predicted molar refractivity (Wildman–Crippen MR) is 100 cm³/mol. The van der Waals surface area contributed by atoms with Gasteiger partial charge in [0, 0.05) is 11.6 Å². The van der Waals surface area contributed by atoms with Gasteiger partial charge in [-0.3, -0.25) is 9.59 Å². The molecule has 0 aliphatic carbocycles. The van der Waals surface area contributed by atoms with Crippen molar-refractivity contribution in [2.24, 2.45) is 0 Å². The van der Waals surface area contributed by atoms with Gasteiger partial charge in [0.25, 0.3) is 5.91 Å². The Morgan fingerprint density at radius 2 is 1.79 bits per heavy atom. The molecule has 9 heteroatoms. The average molecular weight is 408 g/mol. The fourth-order valence-corrected chi connectivity index (χ4v) is 3.51. The summed E-state index contributed by atoms with van der Waals surface area (Å²) in [6.45, 7) is 2.92. The SMILES string of the molecule is CC(C)NS(=O)(=O)c1ccc(C(=O)NCC(=O)OCc2cccc(F)c2)cc1. The first-order valence-corrected chi connectivity index (χ1v) is 9.96. The Kier molecular flexibility index (Phi) is 7.24. The highest BCUT2D eigenvalue weighted by atomic mass is 32.2. The number of hydrogen-bond donors (Lipinski definition) is 2. The Balaban J connectivity index is 1.86. The molecule has 0 heterocycles. The van der Waals surface area contributed by atoms with Crippen LogP contribution in [0.1, 0.15) is 29.8 Å². The van der Waals surface area contributed by atoms with E-state index in [0.717, 1.165) is 0 Å². The van der Waals surface area contributed by atoms with Gasteiger partial charge in [-0.15, -0.1) is 0 Å². The van der Waals surface area contributed by atoms with Crippen LogP contribution >= 0.6 is 0 Å². The molecule has 0 aliphatic heterocycles. The monoisotopic (exact) mass is 408 g/mol. The second kappa shape index (κ2) is 9.43. The third-order valence-electron chi connectivity index (χ3n) is 3.50. The zero-order valence-electron chi connectivity index (χ0n) is 15.4. The maximum atomic E-state index is 13.1. The maximum Gasteiger partial charge on any atom is 0.325 e. The third-order valence-corrected chi connectivity index (χ3v) is 5.17. The Morgan fingerprint density at radius 3 is 2.39 bits per heavy atom. The number of esters is 1. The van der Waals surface area contributed by atoms with Crippen LogP contribution in [0.4, 0.5) is 4.39 Å². The van der Waals surface area contributed by atoms with Crippen LogP contribution in [0.2, 0.25) is 0 Å². The number of halogens is 1. The molecular weight excluding hydrogens is 387 g/mol. The van der Waals surface area contributed by atoms with E-state index in [-0.39, 0.29) is 29.7 Å². The van der Waals surface area contributed by atoms with Gasteiger partial charge in [-0.1, -0.05) is 12.1 Å². The molecule has 2 rings (SSSR count). The van der Waals surface area contributed by atoms with Gasteiger partial charge >= 0.3 is 5.97 Å². The second-order valence-electron chi connectivity index (χ2n) is 6.27. The molecule has 2 N–H and O–H groups in total. The summed E-state index contributed by atoms with van der Waals surface area (Å²) >= 11 is 0. The third kappa shape index (κ3) is 6.43. The summed E-state index contributed by atoms with van der Waals surface area (Å²) < 4.78 is 44.6. The number of nitrogens with one attached hydrogen (secondary N) is 2. The molecule has 28 heavy (non-hydrogen) atoms. The molecule has 2 aromatic carbocycles. The first-order valence-electron chi connectivity index (χ1n) is 8.48. The molecule has 0 bridgehead atoms. The highest BCUT2D eigenvalue weighted by molar-refractivity contribution is 7.89. The average Bonchev–Trinajstić information content (AvgIpc) is 2.63. The second-order valence-corrected chi connectivity index (χ2v) is 7.99. The van der Waals surface area contributed by atoms with E-state index in [9.17, 15) is 22.4 Å². The number of sulfonamides is 1. The minimum absolute atomic E-state index is 0.0345. The number of ether oxygens (including phenoxy) is 1. The normalized spacial score (nSPS) is 11.3. The number of carbonyl (C=O) groups excluding carboxylic acids is 2. The molecule has 0 saturated carbocycles. The molecule has 0 aliphatic rings. The van der Waals surface area contributed by atoms with Crippen LogP contribution in [0.25, 0.3) is 0 Å². The molecule has 0 fully saturated rings. The number of hydrogen-bond acceptors (Lipinski definition) is 5. The van der Waals surface area contributed by atoms with Gasteiger partial charge < -0.3 is 10.1 Å². The van der Waals surface area contributed by atoms with E-state index in [1.165, 1.54) is 42.5 Å². The van der Waals surface area contributed by atoms with E-state index in [1.807, 2.05) is 0 Å². The topological polar surface area (TPSA) is 102 Å². The highest BCUT2D eigenvalue weighted by Crippen LogP contribution is 2.11. The Hall–Kier alpha value is -2.78. The van der Waals surface area contributed by atoms with Crippen LogP contribution in [0.15, 0.2) is 53.4 Å². The van der Waals surface area contributed by atoms with Crippen molar-refractivity contribution in [3.63, 3.8) is 0 Å². The van der Waals surface area contributed by atoms with Crippen molar-refractivity contribution in [1.29, 1.82) is 0 Å². The van der Waals surface area contributed by atoms with Crippen molar-refractivity contribution in [3.8, 4) is 0 Å². The van der Waals surface area contributed by atoms with Crippen LogP contribution in [0.3, 0.4) is 0 Å². The van der Waals surface area contributed by atoms with Gasteiger partial charge in [-0.05, 0) is 55.8 Å². The van der Waals surface area contributed by atoms with Gasteiger partial charge in [0.2, 0.25) is 10.0 Å². The summed E-state index contributed by atoms with van der Waals surface area (Å²) in [6.07, 6.45) is 0. The lowest BCUT2D eigenvalue weighted by molar-refractivity contribution is -0.143. The van der Waals surface area contributed by atoms with Crippen LogP contribution < -0.4 is 10.0 Å². The molecule has 0 unspecified atom stereocenters. The van der Waals surface area contributed by atoms with Crippen molar-refractivity contribution < 1.29 is 27.1 Å². The van der Waals surface area contributed by atoms with Crippen molar-refractivity contribution in [2.75, 3.05) is 6.54 Å². The zero-order valence-corrected chi connectivity index (χ0v) is 16.3. The van der Waals surface area contributed by atoms with Crippen LogP contribution in [0.5, 0.6) is 0 Å². The summed E-state index contributed by atoms with van der Waals surface area (Å²) in [6, 6.07) is 10.7. The first-order chi connectivity index (χ1) is 13.2. The fraction of sp³-hybridized carbons (Fsp3) is 0.263. The van der Waals surface area contributed by atoms with E-state index in [1.54, 1.807) is 19.9 Å². The lowest BCUT2D eigenvalue weighted by Crippen LogP contribution is -2.31. The van der Waals surface area contributed by atoms with Gasteiger partial charge in [0.1, 0.15) is 19.0 Å². The molecule has 0 aromatic heterocycles. The molecule has 7 nitrogen and oxygen atoms in total. The van der Waals surface area contributed by atoms with Gasteiger partial charge in [-0.25, -0.2) is 17.5 Å². The molecule has 150 valence electrons. The van der Waals surface area contributed by atoms with Gasteiger partial charge in [-0.2, -0.15) is 0 Å². The molecule has 0 saturated heterocycles. The Morgan fingerprint density at radius 1 is 1.11 bits per heavy atom. The maximum absolute atomic E-state index is 13.1. The Labute approximate surface area is 163 Å². The predicted octanol–water partition coefficient (Wildman–Crippen LogP) is 1.99. The summed E-state index contributed by atoms with van der Waals surface area (Å²) in [4.78, 5) is 23.8. The lowest BCUT2D eigenvalue weighted by atomic mass is 10.2. The fourth-order valence-electron chi connectivity index (χ4n) is 2.26. The van der Waals surface area contributed by atoms with Crippen LogP contribution in [0, 0.1) is 5.82 Å². The van der Waals surface area contributed by atoms with Crippen molar-refractivity contribution >= 4 is 21.9 Å². The van der Waals surface area contributed by atoms with Crippen molar-refractivity contribution in [3.05, 3.63) is 65.5 Å². The van der Waals surface area contributed by atoms with E-state index in [2.05, 4.69) is 10.0 Å². The summed E-state index contributed by atoms with van der Waals surface area (Å²) in [7, 11) is -3.65. The standard InChI is InChI=1S/C19H21FN2O5S/c1-13(2)22-28(25,26)17-8-6-15(7-9-17)19(24)21-11-18(23)27-12-14-4-3-5-16(20)10-14/h3-10,13,22H,11-12H2,1-2H3,(H,21,24). The largest absolute Gasteiger partial charge is 0.460 e. The summed E-state index contributed by atoms with van der Waals surface area (Å²) in [5.74, 6) is -1.67. The smallest absolute Gasteiger partial charge is 0.325 e. The Bertz CT molecular complexity index is 943. The molecule has 0 spiro atoms.